The monoisotopic (exact) mass is 333 g/mol. The number of nitrogens with zero attached hydrogens (tertiary/aromatic N) is 1. The lowest BCUT2D eigenvalue weighted by Gasteiger charge is -2.10. The first-order chi connectivity index (χ1) is 12.8. The van der Waals surface area contributed by atoms with Gasteiger partial charge in [-0.3, -0.25) is 0 Å². The number of benzene rings is 4. The molecule has 26 heavy (non-hydrogen) atoms. The molecule has 1 heterocycles. The molecule has 0 aliphatic carbocycles. The van der Waals surface area contributed by atoms with Crippen LogP contribution in [0.25, 0.3) is 44.3 Å². The topological polar surface area (TPSA) is 4.93 Å². The molecule has 124 valence electrons. The second-order valence-electron chi connectivity index (χ2n) is 6.83. The summed E-state index contributed by atoms with van der Waals surface area (Å²) in [5.41, 5.74) is 6.11. The summed E-state index contributed by atoms with van der Waals surface area (Å²) in [5, 5.41) is 5.09. The van der Waals surface area contributed by atoms with Gasteiger partial charge in [-0.05, 0) is 42.1 Å². The Balaban J connectivity index is 2.03. The molecule has 0 radical (unpaired) electrons. The van der Waals surface area contributed by atoms with E-state index in [0.717, 1.165) is 5.56 Å². The lowest BCUT2D eigenvalue weighted by molar-refractivity contribution is 1.18. The zero-order valence-corrected chi connectivity index (χ0v) is 14.7. The smallest absolute Gasteiger partial charge is 0.0619 e. The Bertz CT molecular complexity index is 1290. The first kappa shape index (κ1) is 15.0. The minimum absolute atomic E-state index is 1.15. The molecule has 1 nitrogen and oxygen atoms in total. The lowest BCUT2D eigenvalue weighted by Crippen LogP contribution is -1.94. The Morgan fingerprint density at radius 3 is 2.38 bits per heavy atom. The van der Waals surface area contributed by atoms with Crippen LogP contribution >= 0.6 is 0 Å². The van der Waals surface area contributed by atoms with E-state index in [9.17, 15) is 0 Å². The van der Waals surface area contributed by atoms with E-state index in [1.54, 1.807) is 0 Å². The third-order valence-corrected chi connectivity index (χ3v) is 5.20. The van der Waals surface area contributed by atoms with Gasteiger partial charge in [-0.1, -0.05) is 72.8 Å². The number of hydrogen-bond acceptors (Lipinski definition) is 0. The molecule has 0 N–H and O–H groups in total. The van der Waals surface area contributed by atoms with Crippen molar-refractivity contribution in [1.82, 2.24) is 4.57 Å². The van der Waals surface area contributed by atoms with Gasteiger partial charge < -0.3 is 4.57 Å². The van der Waals surface area contributed by atoms with Crippen molar-refractivity contribution in [2.75, 3.05) is 0 Å². The van der Waals surface area contributed by atoms with Gasteiger partial charge in [-0.2, -0.15) is 0 Å². The van der Waals surface area contributed by atoms with Gasteiger partial charge in [0.15, 0.2) is 0 Å². The maximum absolute atomic E-state index is 3.94. The van der Waals surface area contributed by atoms with Gasteiger partial charge in [0, 0.05) is 21.8 Å². The molecule has 1 heteroatoms. The molecule has 0 bridgehead atoms. The van der Waals surface area contributed by atoms with Crippen molar-refractivity contribution in [3.8, 4) is 5.69 Å². The van der Waals surface area contributed by atoms with Crippen LogP contribution in [0.3, 0.4) is 0 Å². The highest BCUT2D eigenvalue weighted by atomic mass is 15.0. The highest BCUT2D eigenvalue weighted by Gasteiger charge is 2.14. The average molecular weight is 333 g/mol. The maximum atomic E-state index is 3.94. The molecule has 0 aliphatic rings. The normalized spacial score (nSPS) is 11.4. The summed E-state index contributed by atoms with van der Waals surface area (Å²) in [6.07, 6.45) is 1.91. The van der Waals surface area contributed by atoms with Crippen molar-refractivity contribution in [1.29, 1.82) is 0 Å². The average Bonchev–Trinajstić information content (AvgIpc) is 3.02. The van der Waals surface area contributed by atoms with Crippen LogP contribution in [0.15, 0.2) is 85.4 Å². The molecule has 0 amide bonds. The fourth-order valence-corrected chi connectivity index (χ4v) is 3.89. The van der Waals surface area contributed by atoms with Crippen molar-refractivity contribution in [3.63, 3.8) is 0 Å². The summed E-state index contributed by atoms with van der Waals surface area (Å²) in [6.45, 7) is 6.06. The third kappa shape index (κ3) is 2.11. The first-order valence-corrected chi connectivity index (χ1v) is 8.92. The largest absolute Gasteiger partial charge is 0.309 e. The minimum Gasteiger partial charge on any atom is -0.309 e. The Morgan fingerprint density at radius 1 is 0.769 bits per heavy atom. The summed E-state index contributed by atoms with van der Waals surface area (Å²) in [5.74, 6) is 0. The summed E-state index contributed by atoms with van der Waals surface area (Å²) in [6, 6.07) is 28.4. The molecule has 0 aliphatic heterocycles. The summed E-state index contributed by atoms with van der Waals surface area (Å²) in [7, 11) is 0. The number of hydrogen-bond donors (Lipinski definition) is 0. The molecule has 0 saturated carbocycles. The molecule has 0 unspecified atom stereocenters. The highest BCUT2D eigenvalue weighted by Crippen LogP contribution is 2.37. The molecule has 0 saturated heterocycles. The van der Waals surface area contributed by atoms with Crippen molar-refractivity contribution < 1.29 is 0 Å². The molecule has 5 rings (SSSR count). The van der Waals surface area contributed by atoms with E-state index < -0.39 is 0 Å². The fraction of sp³-hybridized carbons (Fsp3) is 0.0400. The first-order valence-electron chi connectivity index (χ1n) is 8.92. The second-order valence-corrected chi connectivity index (χ2v) is 6.83. The number of aromatic nitrogens is 1. The molecular weight excluding hydrogens is 314 g/mol. The van der Waals surface area contributed by atoms with Gasteiger partial charge in [-0.15, -0.1) is 0 Å². The Kier molecular flexibility index (Phi) is 3.23. The number of rotatable bonds is 2. The minimum atomic E-state index is 1.15. The van der Waals surface area contributed by atoms with Crippen LogP contribution in [0, 0.1) is 6.92 Å². The zero-order chi connectivity index (χ0) is 17.7. The molecule has 5 aromatic rings. The molecule has 0 atom stereocenters. The van der Waals surface area contributed by atoms with Crippen LogP contribution in [-0.4, -0.2) is 4.57 Å². The Morgan fingerprint density at radius 2 is 1.58 bits per heavy atom. The van der Waals surface area contributed by atoms with E-state index >= 15 is 0 Å². The molecular formula is C25H19N. The van der Waals surface area contributed by atoms with E-state index in [2.05, 4.69) is 96.9 Å². The predicted molar refractivity (Wildman–Crippen MR) is 113 cm³/mol. The number of aryl methyl sites for hydroxylation is 1. The van der Waals surface area contributed by atoms with Crippen LogP contribution < -0.4 is 0 Å². The van der Waals surface area contributed by atoms with E-state index in [4.69, 9.17) is 0 Å². The third-order valence-electron chi connectivity index (χ3n) is 5.20. The summed E-state index contributed by atoms with van der Waals surface area (Å²) < 4.78 is 2.39. The van der Waals surface area contributed by atoms with Crippen molar-refractivity contribution in [2.45, 2.75) is 6.92 Å². The SMILES string of the molecule is C=Cc1ccc2c(c1)c1ccc3ccccc3c1n2-c1ccc(C)cc1. The molecule has 4 aromatic carbocycles. The van der Waals surface area contributed by atoms with Gasteiger partial charge in [0.05, 0.1) is 11.0 Å². The van der Waals surface area contributed by atoms with Crippen molar-refractivity contribution >= 4 is 38.7 Å². The van der Waals surface area contributed by atoms with Gasteiger partial charge in [0.2, 0.25) is 0 Å². The highest BCUT2D eigenvalue weighted by molar-refractivity contribution is 6.18. The number of fused-ring (bicyclic) bond motifs is 5. The summed E-state index contributed by atoms with van der Waals surface area (Å²) >= 11 is 0. The van der Waals surface area contributed by atoms with Gasteiger partial charge >= 0.3 is 0 Å². The summed E-state index contributed by atoms with van der Waals surface area (Å²) in [4.78, 5) is 0. The lowest BCUT2D eigenvalue weighted by atomic mass is 10.0. The van der Waals surface area contributed by atoms with E-state index in [1.165, 1.54) is 43.8 Å². The zero-order valence-electron chi connectivity index (χ0n) is 14.7. The standard InChI is InChI=1S/C25H19N/c1-3-18-10-15-24-23(16-18)22-14-11-19-6-4-5-7-21(19)25(22)26(24)20-12-8-17(2)9-13-20/h3-16H,1H2,2H3. The fourth-order valence-electron chi connectivity index (χ4n) is 3.89. The van der Waals surface area contributed by atoms with Crippen molar-refractivity contribution in [3.05, 3.63) is 96.6 Å². The Labute approximate surface area is 152 Å². The van der Waals surface area contributed by atoms with E-state index in [0.29, 0.717) is 0 Å². The van der Waals surface area contributed by atoms with Gasteiger partial charge in [0.25, 0.3) is 0 Å². The van der Waals surface area contributed by atoms with Gasteiger partial charge in [0.1, 0.15) is 0 Å². The molecule has 0 spiro atoms. The van der Waals surface area contributed by atoms with Gasteiger partial charge in [-0.25, -0.2) is 0 Å². The van der Waals surface area contributed by atoms with Crippen LogP contribution in [0.4, 0.5) is 0 Å². The molecule has 1 aromatic heterocycles. The Hall–Kier alpha value is -3.32. The van der Waals surface area contributed by atoms with E-state index in [-0.39, 0.29) is 0 Å². The van der Waals surface area contributed by atoms with Crippen LogP contribution in [-0.2, 0) is 0 Å². The quantitative estimate of drug-likeness (QED) is 0.331. The van der Waals surface area contributed by atoms with E-state index in [1.807, 2.05) is 6.08 Å². The van der Waals surface area contributed by atoms with Crippen LogP contribution in [0.2, 0.25) is 0 Å². The van der Waals surface area contributed by atoms with Crippen LogP contribution in [0.1, 0.15) is 11.1 Å². The molecule has 0 fully saturated rings. The second kappa shape index (κ2) is 5.60. The van der Waals surface area contributed by atoms with Crippen LogP contribution in [0.5, 0.6) is 0 Å². The van der Waals surface area contributed by atoms with Crippen molar-refractivity contribution in [2.24, 2.45) is 0 Å². The maximum Gasteiger partial charge on any atom is 0.0619 e. The predicted octanol–water partition coefficient (Wildman–Crippen LogP) is 6.89.